The molecule has 116 valence electrons. The largest absolute Gasteiger partial charge is 0.488 e. The highest BCUT2D eigenvalue weighted by Gasteiger charge is 2.08. The number of rotatable bonds is 2. The maximum Gasteiger partial charge on any atom is 0.488 e. The van der Waals surface area contributed by atoms with Gasteiger partial charge in [-0.15, -0.1) is 0 Å². The van der Waals surface area contributed by atoms with E-state index < -0.39 is 7.12 Å². The van der Waals surface area contributed by atoms with Crippen LogP contribution in [0.2, 0.25) is 0 Å². The summed E-state index contributed by atoms with van der Waals surface area (Å²) in [5.41, 5.74) is 2.35. The van der Waals surface area contributed by atoms with Gasteiger partial charge in [0.05, 0.1) is 0 Å². The van der Waals surface area contributed by atoms with Gasteiger partial charge < -0.3 is 10.0 Å². The fraction of sp³-hybridized carbons (Fsp3) is 0. The molecule has 6 heteroatoms. The predicted octanol–water partition coefficient (Wildman–Crippen LogP) is 2.39. The summed E-state index contributed by atoms with van der Waals surface area (Å²) in [5.74, 6) is -0.595. The van der Waals surface area contributed by atoms with Crippen LogP contribution in [0.25, 0.3) is 11.1 Å². The molecule has 0 aliphatic rings. The van der Waals surface area contributed by atoms with Gasteiger partial charge in [0.1, 0.15) is 11.6 Å². The van der Waals surface area contributed by atoms with Gasteiger partial charge in [-0.1, -0.05) is 24.3 Å². The van der Waals surface area contributed by atoms with E-state index in [0.717, 1.165) is 11.1 Å². The van der Waals surface area contributed by atoms with Gasteiger partial charge in [0, 0.05) is 12.4 Å². The molecule has 0 unspecified atom stereocenters. The van der Waals surface area contributed by atoms with Crippen LogP contribution in [-0.4, -0.2) is 22.2 Å². The number of benzene rings is 2. The smallest absolute Gasteiger partial charge is 0.423 e. The van der Waals surface area contributed by atoms with Crippen molar-refractivity contribution in [1.29, 1.82) is 0 Å². The van der Waals surface area contributed by atoms with E-state index in [1.807, 2.05) is 12.1 Å². The normalized spacial score (nSPS) is 9.74. The number of aromatic nitrogens is 1. The Labute approximate surface area is 133 Å². The molecule has 1 heterocycles. The summed E-state index contributed by atoms with van der Waals surface area (Å²) in [7, 11) is -1.51. The van der Waals surface area contributed by atoms with Crippen molar-refractivity contribution in [2.24, 2.45) is 0 Å². The second-order valence-corrected chi connectivity index (χ2v) is 4.67. The van der Waals surface area contributed by atoms with Crippen LogP contribution in [0.3, 0.4) is 0 Å². The number of hydrogen-bond donors (Lipinski definition) is 2. The highest BCUT2D eigenvalue weighted by atomic mass is 19.1. The van der Waals surface area contributed by atoms with E-state index in [-0.39, 0.29) is 11.6 Å². The van der Waals surface area contributed by atoms with E-state index >= 15 is 0 Å². The van der Waals surface area contributed by atoms with Crippen molar-refractivity contribution in [1.82, 2.24) is 4.98 Å². The van der Waals surface area contributed by atoms with E-state index in [2.05, 4.69) is 4.98 Å². The van der Waals surface area contributed by atoms with Gasteiger partial charge in [-0.3, -0.25) is 4.98 Å². The van der Waals surface area contributed by atoms with Crippen molar-refractivity contribution in [2.75, 3.05) is 0 Å². The number of halogens is 2. The lowest BCUT2D eigenvalue weighted by molar-refractivity contribution is 0.425. The summed E-state index contributed by atoms with van der Waals surface area (Å²) in [6.07, 6.45) is 3.44. The maximum absolute atomic E-state index is 12.6. The summed E-state index contributed by atoms with van der Waals surface area (Å²) >= 11 is 0. The number of nitrogens with zero attached hydrogens (tertiary/aromatic N) is 1. The van der Waals surface area contributed by atoms with Crippen LogP contribution < -0.4 is 5.46 Å². The van der Waals surface area contributed by atoms with Crippen molar-refractivity contribution in [3.8, 4) is 11.1 Å². The Morgan fingerprint density at radius 2 is 1.09 bits per heavy atom. The zero-order valence-corrected chi connectivity index (χ0v) is 12.1. The Hall–Kier alpha value is -2.57. The molecule has 2 N–H and O–H groups in total. The molecular formula is C17H14BF2NO2. The summed E-state index contributed by atoms with van der Waals surface area (Å²) in [4.78, 5) is 3.91. The maximum atomic E-state index is 12.6. The first-order chi connectivity index (χ1) is 11.1. The molecule has 23 heavy (non-hydrogen) atoms. The Morgan fingerprint density at radius 1 is 0.652 bits per heavy atom. The summed E-state index contributed by atoms with van der Waals surface area (Å²) in [6.45, 7) is 0. The molecule has 3 rings (SSSR count). The van der Waals surface area contributed by atoms with Crippen LogP contribution in [0.15, 0.2) is 73.1 Å². The van der Waals surface area contributed by atoms with E-state index in [1.54, 1.807) is 24.5 Å². The van der Waals surface area contributed by atoms with Gasteiger partial charge in [0.25, 0.3) is 0 Å². The van der Waals surface area contributed by atoms with E-state index in [0.29, 0.717) is 5.46 Å². The minimum Gasteiger partial charge on any atom is -0.423 e. The Kier molecular flexibility index (Phi) is 5.97. The van der Waals surface area contributed by atoms with E-state index in [9.17, 15) is 8.78 Å². The monoisotopic (exact) mass is 313 g/mol. The van der Waals surface area contributed by atoms with Crippen molar-refractivity contribution >= 4 is 12.6 Å². The third-order valence-electron chi connectivity index (χ3n) is 3.03. The molecule has 0 saturated heterocycles. The van der Waals surface area contributed by atoms with Crippen LogP contribution in [0.1, 0.15) is 0 Å². The third-order valence-corrected chi connectivity index (χ3v) is 3.03. The molecule has 0 amide bonds. The first-order valence-corrected chi connectivity index (χ1v) is 6.84. The molecule has 0 aliphatic carbocycles. The molecule has 0 aliphatic heterocycles. The van der Waals surface area contributed by atoms with Gasteiger partial charge in [-0.2, -0.15) is 0 Å². The quantitative estimate of drug-likeness (QED) is 0.714. The molecule has 3 nitrogen and oxygen atoms in total. The topological polar surface area (TPSA) is 53.4 Å². The highest BCUT2D eigenvalue weighted by molar-refractivity contribution is 6.58. The van der Waals surface area contributed by atoms with Crippen molar-refractivity contribution in [3.05, 3.63) is 84.7 Å². The Morgan fingerprint density at radius 3 is 1.57 bits per heavy atom. The predicted molar refractivity (Wildman–Crippen MR) is 85.9 cm³/mol. The van der Waals surface area contributed by atoms with Crippen LogP contribution in [0.4, 0.5) is 8.78 Å². The van der Waals surface area contributed by atoms with Gasteiger partial charge >= 0.3 is 7.12 Å². The lowest BCUT2D eigenvalue weighted by Crippen LogP contribution is -2.29. The highest BCUT2D eigenvalue weighted by Crippen LogP contribution is 2.17. The molecule has 3 aromatic rings. The van der Waals surface area contributed by atoms with Gasteiger partial charge in [0.2, 0.25) is 0 Å². The SMILES string of the molecule is Fc1ccc(-c2ccncc2)cc1.OB(O)c1ccc(F)cc1. The molecule has 0 atom stereocenters. The second-order valence-electron chi connectivity index (χ2n) is 4.67. The molecular weight excluding hydrogens is 299 g/mol. The summed E-state index contributed by atoms with van der Waals surface area (Å²) in [5, 5.41) is 17.1. The van der Waals surface area contributed by atoms with E-state index in [4.69, 9.17) is 10.0 Å². The zero-order chi connectivity index (χ0) is 16.7. The third kappa shape index (κ3) is 5.28. The Balaban J connectivity index is 0.000000174. The summed E-state index contributed by atoms with van der Waals surface area (Å²) < 4.78 is 24.8. The van der Waals surface area contributed by atoms with Crippen LogP contribution in [-0.2, 0) is 0 Å². The average molecular weight is 313 g/mol. The van der Waals surface area contributed by atoms with Gasteiger partial charge in [-0.05, 0) is 53.0 Å². The zero-order valence-electron chi connectivity index (χ0n) is 12.1. The van der Waals surface area contributed by atoms with Crippen molar-refractivity contribution < 1.29 is 18.8 Å². The van der Waals surface area contributed by atoms with Crippen LogP contribution in [0.5, 0.6) is 0 Å². The minimum atomic E-state index is -1.51. The Bertz CT molecular complexity index is 720. The standard InChI is InChI=1S/C11H8FN.C6H6BFO2/c12-11-3-1-9(2-4-11)10-5-7-13-8-6-10;8-6-3-1-5(2-4-6)7(9)10/h1-8H;1-4,9-10H. The minimum absolute atomic E-state index is 0.210. The molecule has 0 saturated carbocycles. The lowest BCUT2D eigenvalue weighted by Gasteiger charge is -1.99. The van der Waals surface area contributed by atoms with Crippen molar-refractivity contribution in [2.45, 2.75) is 0 Å². The molecule has 0 bridgehead atoms. The van der Waals surface area contributed by atoms with Gasteiger partial charge in [0.15, 0.2) is 0 Å². The average Bonchev–Trinajstić information content (AvgIpc) is 2.57. The van der Waals surface area contributed by atoms with Crippen LogP contribution >= 0.6 is 0 Å². The molecule has 1 aromatic heterocycles. The summed E-state index contributed by atoms with van der Waals surface area (Å²) in [6, 6.07) is 15.2. The molecule has 2 aromatic carbocycles. The van der Waals surface area contributed by atoms with E-state index in [1.165, 1.54) is 36.4 Å². The fourth-order valence-corrected chi connectivity index (χ4v) is 1.82. The first kappa shape index (κ1) is 16.8. The fourth-order valence-electron chi connectivity index (χ4n) is 1.82. The molecule has 0 radical (unpaired) electrons. The van der Waals surface area contributed by atoms with Crippen molar-refractivity contribution in [3.63, 3.8) is 0 Å². The lowest BCUT2D eigenvalue weighted by atomic mass is 9.80. The first-order valence-electron chi connectivity index (χ1n) is 6.84. The number of pyridine rings is 1. The molecule has 0 spiro atoms. The second kappa shape index (κ2) is 8.17. The van der Waals surface area contributed by atoms with Crippen LogP contribution in [0, 0.1) is 11.6 Å². The van der Waals surface area contributed by atoms with Gasteiger partial charge in [-0.25, -0.2) is 8.78 Å². The number of hydrogen-bond acceptors (Lipinski definition) is 3. The molecule has 0 fully saturated rings.